The van der Waals surface area contributed by atoms with Gasteiger partial charge in [-0.3, -0.25) is 0 Å². The van der Waals surface area contributed by atoms with E-state index in [0.717, 1.165) is 0 Å². The summed E-state index contributed by atoms with van der Waals surface area (Å²) in [6.45, 7) is 2.42. The average Bonchev–Trinajstić information content (AvgIpc) is 3.21. The lowest BCUT2D eigenvalue weighted by Crippen LogP contribution is -2.15. The Balaban J connectivity index is 1.64. The van der Waals surface area contributed by atoms with Crippen LogP contribution >= 0.6 is 0 Å². The second-order valence-electron chi connectivity index (χ2n) is 7.03. The van der Waals surface area contributed by atoms with Gasteiger partial charge in [0.25, 0.3) is 0 Å². The third-order valence-corrected chi connectivity index (χ3v) is 5.81. The zero-order valence-electron chi connectivity index (χ0n) is 13.8. The lowest BCUT2D eigenvalue weighted by atomic mass is 9.76. The Hall–Kier alpha value is -2.60. The maximum absolute atomic E-state index is 2.42. The molecule has 3 aromatic carbocycles. The first-order chi connectivity index (χ1) is 11.8. The monoisotopic (exact) mass is 308 g/mol. The Bertz CT molecular complexity index is 902. The Kier molecular flexibility index (Phi) is 2.99. The summed E-state index contributed by atoms with van der Waals surface area (Å²) in [6, 6.07) is 26.7. The molecule has 0 spiro atoms. The van der Waals surface area contributed by atoms with Crippen LogP contribution in [0.25, 0.3) is 17.2 Å². The molecule has 5 rings (SSSR count). The standard InChI is InChI=1S/C24H20/c1-16(18-15-14-17-8-2-3-9-19(17)18)24-22-12-6-4-10-20(22)21-11-5-7-13-23(21)24/h2-16,18,24H,1H3. The number of fused-ring (bicyclic) bond motifs is 4. The highest BCUT2D eigenvalue weighted by molar-refractivity contribution is 5.79. The molecule has 0 heteroatoms. The van der Waals surface area contributed by atoms with Crippen molar-refractivity contribution >= 4 is 6.08 Å². The van der Waals surface area contributed by atoms with E-state index in [4.69, 9.17) is 0 Å². The van der Waals surface area contributed by atoms with Crippen molar-refractivity contribution in [2.75, 3.05) is 0 Å². The van der Waals surface area contributed by atoms with Crippen molar-refractivity contribution in [2.45, 2.75) is 18.8 Å². The molecular formula is C24H20. The molecule has 0 saturated heterocycles. The molecular weight excluding hydrogens is 288 g/mol. The smallest absolute Gasteiger partial charge is 0.0136 e. The van der Waals surface area contributed by atoms with E-state index in [2.05, 4.69) is 91.9 Å². The normalized spacial score (nSPS) is 19.0. The molecule has 0 aliphatic heterocycles. The van der Waals surface area contributed by atoms with Gasteiger partial charge in [0, 0.05) is 11.8 Å². The van der Waals surface area contributed by atoms with Gasteiger partial charge >= 0.3 is 0 Å². The predicted octanol–water partition coefficient (Wildman–Crippen LogP) is 6.25. The molecule has 0 N–H and O–H groups in total. The minimum Gasteiger partial charge on any atom is -0.0761 e. The third-order valence-electron chi connectivity index (χ3n) is 5.81. The minimum absolute atomic E-state index is 0.471. The van der Waals surface area contributed by atoms with E-state index in [9.17, 15) is 0 Å². The summed E-state index contributed by atoms with van der Waals surface area (Å²) in [5.41, 5.74) is 8.68. The summed E-state index contributed by atoms with van der Waals surface area (Å²) in [7, 11) is 0. The predicted molar refractivity (Wildman–Crippen MR) is 101 cm³/mol. The van der Waals surface area contributed by atoms with Gasteiger partial charge < -0.3 is 0 Å². The van der Waals surface area contributed by atoms with E-state index < -0.39 is 0 Å². The first-order valence-electron chi connectivity index (χ1n) is 8.80. The van der Waals surface area contributed by atoms with Crippen molar-refractivity contribution in [3.8, 4) is 11.1 Å². The number of allylic oxidation sites excluding steroid dienone is 1. The molecule has 116 valence electrons. The van der Waals surface area contributed by atoms with Gasteiger partial charge in [-0.2, -0.15) is 0 Å². The Morgan fingerprint density at radius 2 is 1.21 bits per heavy atom. The van der Waals surface area contributed by atoms with Crippen LogP contribution in [0.3, 0.4) is 0 Å². The maximum Gasteiger partial charge on any atom is 0.0136 e. The molecule has 0 heterocycles. The largest absolute Gasteiger partial charge is 0.0761 e. The van der Waals surface area contributed by atoms with Crippen molar-refractivity contribution in [3.63, 3.8) is 0 Å². The van der Waals surface area contributed by atoms with Crippen LogP contribution in [0, 0.1) is 5.92 Å². The quantitative estimate of drug-likeness (QED) is 0.525. The van der Waals surface area contributed by atoms with Crippen LogP contribution in [0.2, 0.25) is 0 Å². The molecule has 0 amide bonds. The van der Waals surface area contributed by atoms with Crippen molar-refractivity contribution in [3.05, 3.63) is 101 Å². The van der Waals surface area contributed by atoms with Crippen LogP contribution in [0.1, 0.15) is 41.0 Å². The van der Waals surface area contributed by atoms with Gasteiger partial charge in [-0.25, -0.2) is 0 Å². The fourth-order valence-corrected chi connectivity index (χ4v) is 4.70. The average molecular weight is 308 g/mol. The summed E-state index contributed by atoms with van der Waals surface area (Å²) in [5.74, 6) is 1.50. The summed E-state index contributed by atoms with van der Waals surface area (Å²) in [5, 5.41) is 0. The topological polar surface area (TPSA) is 0 Å². The van der Waals surface area contributed by atoms with E-state index in [1.165, 1.54) is 33.4 Å². The second kappa shape index (κ2) is 5.21. The first-order valence-corrected chi connectivity index (χ1v) is 8.80. The summed E-state index contributed by atoms with van der Waals surface area (Å²) in [4.78, 5) is 0. The van der Waals surface area contributed by atoms with Crippen LogP contribution in [-0.2, 0) is 0 Å². The number of rotatable bonds is 2. The van der Waals surface area contributed by atoms with E-state index in [-0.39, 0.29) is 0 Å². The molecule has 2 atom stereocenters. The fourth-order valence-electron chi connectivity index (χ4n) is 4.70. The molecule has 3 aromatic rings. The highest BCUT2D eigenvalue weighted by Gasteiger charge is 2.36. The fraction of sp³-hybridized carbons (Fsp3) is 0.167. The highest BCUT2D eigenvalue weighted by Crippen LogP contribution is 2.52. The summed E-state index contributed by atoms with van der Waals surface area (Å²) in [6.07, 6.45) is 4.70. The van der Waals surface area contributed by atoms with Crippen LogP contribution in [-0.4, -0.2) is 0 Å². The summed E-state index contributed by atoms with van der Waals surface area (Å²) < 4.78 is 0. The van der Waals surface area contributed by atoms with Gasteiger partial charge in [-0.1, -0.05) is 91.9 Å². The molecule has 2 aliphatic carbocycles. The van der Waals surface area contributed by atoms with Crippen LogP contribution in [0.15, 0.2) is 78.9 Å². The zero-order valence-corrected chi connectivity index (χ0v) is 13.8. The van der Waals surface area contributed by atoms with E-state index in [1.54, 1.807) is 0 Å². The Morgan fingerprint density at radius 1 is 0.667 bits per heavy atom. The molecule has 0 fully saturated rings. The van der Waals surface area contributed by atoms with Crippen LogP contribution in [0.4, 0.5) is 0 Å². The van der Waals surface area contributed by atoms with Gasteiger partial charge in [0.05, 0.1) is 0 Å². The van der Waals surface area contributed by atoms with Crippen molar-refractivity contribution < 1.29 is 0 Å². The van der Waals surface area contributed by atoms with Gasteiger partial charge in [0.15, 0.2) is 0 Å². The number of benzene rings is 3. The van der Waals surface area contributed by atoms with Gasteiger partial charge in [0.2, 0.25) is 0 Å². The lowest BCUT2D eigenvalue weighted by Gasteiger charge is -2.27. The van der Waals surface area contributed by atoms with Gasteiger partial charge in [-0.15, -0.1) is 0 Å². The first kappa shape index (κ1) is 13.8. The molecule has 0 saturated carbocycles. The molecule has 0 radical (unpaired) electrons. The molecule has 2 aliphatic rings. The molecule has 24 heavy (non-hydrogen) atoms. The van der Waals surface area contributed by atoms with Gasteiger partial charge in [0.1, 0.15) is 0 Å². The minimum atomic E-state index is 0.471. The number of hydrogen-bond acceptors (Lipinski definition) is 0. The molecule has 0 aromatic heterocycles. The highest BCUT2D eigenvalue weighted by atomic mass is 14.4. The summed E-state index contributed by atoms with van der Waals surface area (Å²) >= 11 is 0. The van der Waals surface area contributed by atoms with Gasteiger partial charge in [-0.05, 0) is 39.3 Å². The Labute approximate surface area is 143 Å². The van der Waals surface area contributed by atoms with E-state index in [0.29, 0.717) is 17.8 Å². The molecule has 0 bridgehead atoms. The van der Waals surface area contributed by atoms with Crippen molar-refractivity contribution in [1.82, 2.24) is 0 Å². The third kappa shape index (κ3) is 1.86. The van der Waals surface area contributed by atoms with E-state index in [1.807, 2.05) is 0 Å². The number of hydrogen-bond donors (Lipinski definition) is 0. The van der Waals surface area contributed by atoms with Crippen molar-refractivity contribution in [2.24, 2.45) is 5.92 Å². The maximum atomic E-state index is 2.42. The zero-order chi connectivity index (χ0) is 16.1. The molecule has 2 unspecified atom stereocenters. The van der Waals surface area contributed by atoms with Crippen LogP contribution in [0.5, 0.6) is 0 Å². The van der Waals surface area contributed by atoms with Crippen molar-refractivity contribution in [1.29, 1.82) is 0 Å². The molecule has 0 nitrogen and oxygen atoms in total. The van der Waals surface area contributed by atoms with Crippen LogP contribution < -0.4 is 0 Å². The van der Waals surface area contributed by atoms with E-state index >= 15 is 0 Å². The Morgan fingerprint density at radius 3 is 1.88 bits per heavy atom. The second-order valence-corrected chi connectivity index (χ2v) is 7.03. The SMILES string of the molecule is CC(C1C=Cc2ccccc21)C1c2ccccc2-c2ccccc21. The lowest BCUT2D eigenvalue weighted by molar-refractivity contribution is 0.474.